The molecule has 2 N–H and O–H groups in total. The van der Waals surface area contributed by atoms with Crippen molar-refractivity contribution in [2.75, 3.05) is 5.73 Å². The highest BCUT2D eigenvalue weighted by atomic mass is 15.0. The number of benzene rings is 1. The third kappa shape index (κ3) is 1.96. The second-order valence-electron chi connectivity index (χ2n) is 3.63. The van der Waals surface area contributed by atoms with Crippen LogP contribution in [0.1, 0.15) is 11.1 Å². The molecule has 0 unspecified atom stereocenters. The Bertz CT molecular complexity index is 492. The van der Waals surface area contributed by atoms with E-state index in [0.29, 0.717) is 5.95 Å². The van der Waals surface area contributed by atoms with E-state index >= 15 is 0 Å². The maximum Gasteiger partial charge on any atom is 0.220 e. The van der Waals surface area contributed by atoms with Gasteiger partial charge in [0.05, 0.1) is 5.69 Å². The Morgan fingerprint density at radius 2 is 2.00 bits per heavy atom. The van der Waals surface area contributed by atoms with Crippen LogP contribution < -0.4 is 5.73 Å². The Balaban J connectivity index is 2.58. The van der Waals surface area contributed by atoms with E-state index in [4.69, 9.17) is 5.73 Å². The fourth-order valence-electron chi connectivity index (χ4n) is 1.54. The lowest BCUT2D eigenvalue weighted by Gasteiger charge is -2.05. The van der Waals surface area contributed by atoms with Crippen LogP contribution in [0.2, 0.25) is 0 Å². The molecule has 0 saturated carbocycles. The first-order valence-corrected chi connectivity index (χ1v) is 4.83. The van der Waals surface area contributed by atoms with E-state index in [2.05, 4.69) is 29.0 Å². The van der Waals surface area contributed by atoms with Crippen molar-refractivity contribution in [2.45, 2.75) is 13.8 Å². The number of hydrogen-bond acceptors (Lipinski definition) is 3. The summed E-state index contributed by atoms with van der Waals surface area (Å²) < 4.78 is 0. The molecule has 1 aromatic carbocycles. The minimum atomic E-state index is 0.317. The number of hydrogen-bond donors (Lipinski definition) is 1. The van der Waals surface area contributed by atoms with Gasteiger partial charge in [0, 0.05) is 11.8 Å². The van der Waals surface area contributed by atoms with Crippen molar-refractivity contribution in [1.82, 2.24) is 9.97 Å². The summed E-state index contributed by atoms with van der Waals surface area (Å²) in [6.45, 7) is 4.04. The number of aryl methyl sites for hydroxylation is 2. The van der Waals surface area contributed by atoms with E-state index in [0.717, 1.165) is 16.8 Å². The second kappa shape index (κ2) is 3.69. The molecule has 0 aliphatic rings. The van der Waals surface area contributed by atoms with Gasteiger partial charge in [0.15, 0.2) is 0 Å². The molecular weight excluding hydrogens is 186 g/mol. The molecule has 1 aromatic heterocycles. The van der Waals surface area contributed by atoms with Crippen molar-refractivity contribution in [3.8, 4) is 11.3 Å². The molecule has 0 aliphatic heterocycles. The SMILES string of the molecule is Cc1cccc(-c2nc(N)ncc2C)c1. The lowest BCUT2D eigenvalue weighted by Crippen LogP contribution is -1.98. The summed E-state index contributed by atoms with van der Waals surface area (Å²) in [5.41, 5.74) is 9.82. The number of anilines is 1. The van der Waals surface area contributed by atoms with Crippen LogP contribution in [-0.4, -0.2) is 9.97 Å². The van der Waals surface area contributed by atoms with Crippen molar-refractivity contribution >= 4 is 5.95 Å². The van der Waals surface area contributed by atoms with E-state index in [1.54, 1.807) is 6.20 Å². The van der Waals surface area contributed by atoms with Gasteiger partial charge < -0.3 is 5.73 Å². The van der Waals surface area contributed by atoms with Crippen LogP contribution in [0.25, 0.3) is 11.3 Å². The van der Waals surface area contributed by atoms with Crippen LogP contribution >= 0.6 is 0 Å². The first-order chi connectivity index (χ1) is 7.16. The summed E-state index contributed by atoms with van der Waals surface area (Å²) >= 11 is 0. The summed E-state index contributed by atoms with van der Waals surface area (Å²) in [5.74, 6) is 0.317. The number of nitrogen functional groups attached to an aromatic ring is 1. The third-order valence-electron chi connectivity index (χ3n) is 2.28. The fourth-order valence-corrected chi connectivity index (χ4v) is 1.54. The summed E-state index contributed by atoms with van der Waals surface area (Å²) in [7, 11) is 0. The molecule has 3 heteroatoms. The highest BCUT2D eigenvalue weighted by molar-refractivity contribution is 5.64. The standard InChI is InChI=1S/C12H13N3/c1-8-4-3-5-10(6-8)11-9(2)7-14-12(13)15-11/h3-7H,1-2H3,(H2,13,14,15). The lowest BCUT2D eigenvalue weighted by atomic mass is 10.1. The van der Waals surface area contributed by atoms with Gasteiger partial charge >= 0.3 is 0 Å². The van der Waals surface area contributed by atoms with E-state index in [1.807, 2.05) is 19.1 Å². The first kappa shape index (κ1) is 9.65. The predicted molar refractivity (Wildman–Crippen MR) is 61.4 cm³/mol. The fraction of sp³-hybridized carbons (Fsp3) is 0.167. The van der Waals surface area contributed by atoms with Crippen LogP contribution in [0.3, 0.4) is 0 Å². The van der Waals surface area contributed by atoms with Gasteiger partial charge in [0.25, 0.3) is 0 Å². The van der Waals surface area contributed by atoms with E-state index < -0.39 is 0 Å². The van der Waals surface area contributed by atoms with E-state index in [-0.39, 0.29) is 0 Å². The average molecular weight is 199 g/mol. The Kier molecular flexibility index (Phi) is 2.37. The van der Waals surface area contributed by atoms with Gasteiger partial charge in [-0.15, -0.1) is 0 Å². The molecule has 2 rings (SSSR count). The molecule has 2 aromatic rings. The number of nitrogens with zero attached hydrogens (tertiary/aromatic N) is 2. The normalized spacial score (nSPS) is 10.3. The van der Waals surface area contributed by atoms with E-state index in [1.165, 1.54) is 5.56 Å². The smallest absolute Gasteiger partial charge is 0.220 e. The summed E-state index contributed by atoms with van der Waals surface area (Å²) in [4.78, 5) is 8.20. The molecule has 0 fully saturated rings. The summed E-state index contributed by atoms with van der Waals surface area (Å²) in [6.07, 6.45) is 1.75. The topological polar surface area (TPSA) is 51.8 Å². The molecule has 0 spiro atoms. The van der Waals surface area contributed by atoms with Crippen molar-refractivity contribution in [3.63, 3.8) is 0 Å². The summed E-state index contributed by atoms with van der Waals surface area (Å²) in [6, 6.07) is 8.20. The summed E-state index contributed by atoms with van der Waals surface area (Å²) in [5, 5.41) is 0. The predicted octanol–water partition coefficient (Wildman–Crippen LogP) is 2.34. The molecule has 76 valence electrons. The Labute approximate surface area is 89.0 Å². The minimum absolute atomic E-state index is 0.317. The molecule has 3 nitrogen and oxygen atoms in total. The Morgan fingerprint density at radius 1 is 1.20 bits per heavy atom. The number of rotatable bonds is 1. The van der Waals surface area contributed by atoms with Gasteiger partial charge in [-0.2, -0.15) is 0 Å². The largest absolute Gasteiger partial charge is 0.368 e. The number of nitrogens with two attached hydrogens (primary N) is 1. The molecule has 1 heterocycles. The average Bonchev–Trinajstić information content (AvgIpc) is 2.22. The van der Waals surface area contributed by atoms with Gasteiger partial charge in [-0.1, -0.05) is 23.8 Å². The molecule has 0 saturated heterocycles. The Morgan fingerprint density at radius 3 is 2.73 bits per heavy atom. The van der Waals surface area contributed by atoms with Crippen LogP contribution in [0, 0.1) is 13.8 Å². The van der Waals surface area contributed by atoms with Crippen LogP contribution in [0.5, 0.6) is 0 Å². The van der Waals surface area contributed by atoms with Crippen molar-refractivity contribution in [1.29, 1.82) is 0 Å². The van der Waals surface area contributed by atoms with Crippen LogP contribution in [0.15, 0.2) is 30.5 Å². The van der Waals surface area contributed by atoms with E-state index in [9.17, 15) is 0 Å². The highest BCUT2D eigenvalue weighted by Crippen LogP contribution is 2.21. The zero-order chi connectivity index (χ0) is 10.8. The van der Waals surface area contributed by atoms with Crippen LogP contribution in [-0.2, 0) is 0 Å². The van der Waals surface area contributed by atoms with Gasteiger partial charge in [-0.3, -0.25) is 0 Å². The van der Waals surface area contributed by atoms with Gasteiger partial charge in [-0.25, -0.2) is 9.97 Å². The van der Waals surface area contributed by atoms with Gasteiger partial charge in [0.2, 0.25) is 5.95 Å². The highest BCUT2D eigenvalue weighted by Gasteiger charge is 2.04. The van der Waals surface area contributed by atoms with Crippen molar-refractivity contribution < 1.29 is 0 Å². The molecule has 0 bridgehead atoms. The molecule has 0 amide bonds. The maximum absolute atomic E-state index is 5.58. The van der Waals surface area contributed by atoms with Gasteiger partial charge in [-0.05, 0) is 25.5 Å². The van der Waals surface area contributed by atoms with Crippen LogP contribution in [0.4, 0.5) is 5.95 Å². The lowest BCUT2D eigenvalue weighted by molar-refractivity contribution is 1.15. The monoisotopic (exact) mass is 199 g/mol. The number of aromatic nitrogens is 2. The molecular formula is C12H13N3. The van der Waals surface area contributed by atoms with Gasteiger partial charge in [0.1, 0.15) is 0 Å². The Hall–Kier alpha value is -1.90. The first-order valence-electron chi connectivity index (χ1n) is 4.83. The maximum atomic E-state index is 5.58. The quantitative estimate of drug-likeness (QED) is 0.767. The van der Waals surface area contributed by atoms with Crippen molar-refractivity contribution in [2.24, 2.45) is 0 Å². The minimum Gasteiger partial charge on any atom is -0.368 e. The molecule has 0 aliphatic carbocycles. The zero-order valence-electron chi connectivity index (χ0n) is 8.86. The third-order valence-corrected chi connectivity index (χ3v) is 2.28. The molecule has 15 heavy (non-hydrogen) atoms. The zero-order valence-corrected chi connectivity index (χ0v) is 8.86. The second-order valence-corrected chi connectivity index (χ2v) is 3.63. The van der Waals surface area contributed by atoms with Crippen molar-refractivity contribution in [3.05, 3.63) is 41.6 Å². The molecule has 0 atom stereocenters. The molecule has 0 radical (unpaired) electrons.